The van der Waals surface area contributed by atoms with Gasteiger partial charge in [-0.05, 0) is 25.0 Å². The van der Waals surface area contributed by atoms with E-state index >= 15 is 0 Å². The molecule has 1 fully saturated rings. The highest BCUT2D eigenvalue weighted by molar-refractivity contribution is 5.74. The van der Waals surface area contributed by atoms with Gasteiger partial charge in [0.1, 0.15) is 5.82 Å². The van der Waals surface area contributed by atoms with Crippen molar-refractivity contribution in [2.24, 2.45) is 0 Å². The lowest BCUT2D eigenvalue weighted by Gasteiger charge is -2.31. The van der Waals surface area contributed by atoms with Gasteiger partial charge in [-0.3, -0.25) is 0 Å². The van der Waals surface area contributed by atoms with Crippen molar-refractivity contribution in [1.29, 1.82) is 0 Å². The molecule has 4 aromatic rings. The van der Waals surface area contributed by atoms with E-state index in [1.165, 1.54) is 0 Å². The molecule has 1 aliphatic heterocycles. The van der Waals surface area contributed by atoms with Crippen LogP contribution >= 0.6 is 0 Å². The van der Waals surface area contributed by atoms with Crippen LogP contribution in [-0.2, 0) is 11.3 Å². The monoisotopic (exact) mass is 406 g/mol. The van der Waals surface area contributed by atoms with E-state index in [9.17, 15) is 0 Å². The van der Waals surface area contributed by atoms with Crippen molar-refractivity contribution < 1.29 is 4.74 Å². The van der Waals surface area contributed by atoms with Gasteiger partial charge in [0.2, 0.25) is 11.9 Å². The van der Waals surface area contributed by atoms with E-state index in [2.05, 4.69) is 46.1 Å². The molecule has 0 aliphatic carbocycles. The van der Waals surface area contributed by atoms with Gasteiger partial charge in [-0.2, -0.15) is 19.6 Å². The van der Waals surface area contributed by atoms with Crippen molar-refractivity contribution in [3.8, 4) is 0 Å². The van der Waals surface area contributed by atoms with Crippen LogP contribution in [0.2, 0.25) is 0 Å². The molecule has 5 rings (SSSR count). The summed E-state index contributed by atoms with van der Waals surface area (Å²) in [6.45, 7) is 9.10. The maximum atomic E-state index is 5.69. The van der Waals surface area contributed by atoms with Gasteiger partial charge in [0, 0.05) is 18.7 Å². The number of aromatic amines is 1. The quantitative estimate of drug-likeness (QED) is 0.526. The van der Waals surface area contributed by atoms with Gasteiger partial charge in [0.15, 0.2) is 5.65 Å². The molecule has 1 saturated heterocycles. The van der Waals surface area contributed by atoms with Gasteiger partial charge >= 0.3 is 0 Å². The van der Waals surface area contributed by atoms with Gasteiger partial charge in [0.05, 0.1) is 36.5 Å². The second-order valence-electron chi connectivity index (χ2n) is 8.02. The van der Waals surface area contributed by atoms with Gasteiger partial charge in [-0.1, -0.05) is 26.0 Å². The molecule has 0 bridgehead atoms. The molecule has 1 atom stereocenters. The smallest absolute Gasteiger partial charge is 0.230 e. The van der Waals surface area contributed by atoms with Crippen molar-refractivity contribution >= 4 is 28.6 Å². The predicted molar refractivity (Wildman–Crippen MR) is 116 cm³/mol. The molecule has 3 aromatic heterocycles. The van der Waals surface area contributed by atoms with Crippen LogP contribution in [0.5, 0.6) is 0 Å². The minimum absolute atomic E-state index is 0.153. The van der Waals surface area contributed by atoms with Crippen LogP contribution in [0.4, 0.5) is 11.9 Å². The minimum atomic E-state index is 0.153. The Morgan fingerprint density at radius 3 is 2.90 bits per heavy atom. The molecule has 0 unspecified atom stereocenters. The van der Waals surface area contributed by atoms with Gasteiger partial charge in [0.25, 0.3) is 0 Å². The van der Waals surface area contributed by atoms with E-state index in [4.69, 9.17) is 14.7 Å². The number of rotatable bonds is 5. The Kier molecular flexibility index (Phi) is 4.74. The Labute approximate surface area is 174 Å². The standard InChI is InChI=1S/C21H26N8O/c1-13(2)15-10-23-29-19(15)26-21(28-8-9-30-14(3)12-28)27-20(29)22-11-18-24-16-6-4-5-7-17(16)25-18/h4-7,10,13-14H,8-9,11-12H2,1-3H3,(H,24,25)(H,22,26,27)/t14-/m1/s1. The van der Waals surface area contributed by atoms with Gasteiger partial charge in [-0.25, -0.2) is 4.98 Å². The molecule has 9 heteroatoms. The third kappa shape index (κ3) is 3.45. The molecule has 0 radical (unpaired) electrons. The molecule has 1 aromatic carbocycles. The molecule has 1 aliphatic rings. The molecule has 0 saturated carbocycles. The number of nitrogens with zero attached hydrogens (tertiary/aromatic N) is 6. The average molecular weight is 406 g/mol. The zero-order chi connectivity index (χ0) is 20.7. The molecule has 30 heavy (non-hydrogen) atoms. The lowest BCUT2D eigenvalue weighted by Crippen LogP contribution is -2.42. The average Bonchev–Trinajstić information content (AvgIpc) is 3.35. The van der Waals surface area contributed by atoms with Crippen LogP contribution in [0.15, 0.2) is 30.5 Å². The first-order valence-corrected chi connectivity index (χ1v) is 10.4. The molecule has 2 N–H and O–H groups in total. The maximum absolute atomic E-state index is 5.69. The number of benzene rings is 1. The highest BCUT2D eigenvalue weighted by Crippen LogP contribution is 2.24. The van der Waals surface area contributed by atoms with E-state index < -0.39 is 0 Å². The van der Waals surface area contributed by atoms with Gasteiger partial charge < -0.3 is 19.9 Å². The summed E-state index contributed by atoms with van der Waals surface area (Å²) >= 11 is 0. The van der Waals surface area contributed by atoms with Crippen LogP contribution in [0.1, 0.15) is 38.1 Å². The highest BCUT2D eigenvalue weighted by Gasteiger charge is 2.22. The molecule has 4 heterocycles. The summed E-state index contributed by atoms with van der Waals surface area (Å²) in [4.78, 5) is 19.8. The SMILES string of the molecule is CC(C)c1cnn2c(NCc3nc4ccccc4[nH]3)nc(N3CCO[C@H](C)C3)nc12. The number of imidazole rings is 1. The van der Waals surface area contributed by atoms with E-state index in [0.717, 1.165) is 41.2 Å². The maximum Gasteiger partial charge on any atom is 0.230 e. The van der Waals surface area contributed by atoms with Crippen LogP contribution in [0.3, 0.4) is 0 Å². The Morgan fingerprint density at radius 2 is 2.10 bits per heavy atom. The number of hydrogen-bond acceptors (Lipinski definition) is 7. The fourth-order valence-corrected chi connectivity index (χ4v) is 3.80. The second kappa shape index (κ2) is 7.56. The zero-order valence-electron chi connectivity index (χ0n) is 17.5. The topological polar surface area (TPSA) is 96.3 Å². The molecule has 0 spiro atoms. The van der Waals surface area contributed by atoms with Crippen molar-refractivity contribution in [3.05, 3.63) is 41.9 Å². The van der Waals surface area contributed by atoms with Crippen LogP contribution in [0, 0.1) is 0 Å². The van der Waals surface area contributed by atoms with Crippen molar-refractivity contribution in [3.63, 3.8) is 0 Å². The number of nitrogens with one attached hydrogen (secondary N) is 2. The first-order valence-electron chi connectivity index (χ1n) is 10.4. The summed E-state index contributed by atoms with van der Waals surface area (Å²) in [6, 6.07) is 8.01. The number of ether oxygens (including phenoxy) is 1. The van der Waals surface area contributed by atoms with E-state index in [1.807, 2.05) is 30.5 Å². The number of H-pyrrole nitrogens is 1. The molecule has 156 valence electrons. The number of anilines is 2. The van der Waals surface area contributed by atoms with Gasteiger partial charge in [-0.15, -0.1) is 0 Å². The minimum Gasteiger partial charge on any atom is -0.375 e. The normalized spacial score (nSPS) is 17.3. The Morgan fingerprint density at radius 1 is 1.23 bits per heavy atom. The summed E-state index contributed by atoms with van der Waals surface area (Å²) in [6.07, 6.45) is 2.03. The molecule has 0 amide bonds. The highest BCUT2D eigenvalue weighted by atomic mass is 16.5. The fraction of sp³-hybridized carbons (Fsp3) is 0.429. The Hall–Kier alpha value is -3.20. The molecule has 9 nitrogen and oxygen atoms in total. The van der Waals surface area contributed by atoms with E-state index in [0.29, 0.717) is 31.0 Å². The fourth-order valence-electron chi connectivity index (χ4n) is 3.80. The third-order valence-electron chi connectivity index (χ3n) is 5.38. The lowest BCUT2D eigenvalue weighted by atomic mass is 10.1. The third-order valence-corrected chi connectivity index (χ3v) is 5.38. The predicted octanol–water partition coefficient (Wildman–Crippen LogP) is 2.96. The van der Waals surface area contributed by atoms with Crippen molar-refractivity contribution in [2.45, 2.75) is 39.3 Å². The summed E-state index contributed by atoms with van der Waals surface area (Å²) < 4.78 is 7.47. The molecular weight excluding hydrogens is 380 g/mol. The summed E-state index contributed by atoms with van der Waals surface area (Å²) in [5.41, 5.74) is 3.91. The Balaban J connectivity index is 1.50. The zero-order valence-corrected chi connectivity index (χ0v) is 17.5. The number of para-hydroxylation sites is 2. The number of fused-ring (bicyclic) bond motifs is 2. The van der Waals surface area contributed by atoms with E-state index in [-0.39, 0.29) is 6.10 Å². The van der Waals surface area contributed by atoms with E-state index in [1.54, 1.807) is 4.52 Å². The number of hydrogen-bond donors (Lipinski definition) is 2. The summed E-state index contributed by atoms with van der Waals surface area (Å²) in [5.74, 6) is 2.52. The van der Waals surface area contributed by atoms with Crippen LogP contribution in [-0.4, -0.2) is 55.4 Å². The largest absolute Gasteiger partial charge is 0.375 e. The first-order chi connectivity index (χ1) is 14.6. The van der Waals surface area contributed by atoms with Crippen LogP contribution < -0.4 is 10.2 Å². The summed E-state index contributed by atoms with van der Waals surface area (Å²) in [7, 11) is 0. The van der Waals surface area contributed by atoms with Crippen LogP contribution in [0.25, 0.3) is 16.7 Å². The van der Waals surface area contributed by atoms with Crippen molar-refractivity contribution in [1.82, 2.24) is 29.5 Å². The first kappa shape index (κ1) is 18.8. The number of aromatic nitrogens is 6. The lowest BCUT2D eigenvalue weighted by molar-refractivity contribution is 0.0526. The summed E-state index contributed by atoms with van der Waals surface area (Å²) in [5, 5.41) is 7.96. The Bertz CT molecular complexity index is 1150. The number of morpholine rings is 1. The molecular formula is C21H26N8O. The van der Waals surface area contributed by atoms with Crippen molar-refractivity contribution in [2.75, 3.05) is 29.9 Å². The second-order valence-corrected chi connectivity index (χ2v) is 8.02.